The first-order valence-electron chi connectivity index (χ1n) is 8.40. The van der Waals surface area contributed by atoms with Crippen LogP contribution in [0.2, 0.25) is 0 Å². The van der Waals surface area contributed by atoms with Gasteiger partial charge in [0.25, 0.3) is 0 Å². The lowest BCUT2D eigenvalue weighted by Crippen LogP contribution is -2.15. The number of benzene rings is 2. The van der Waals surface area contributed by atoms with Crippen molar-refractivity contribution < 1.29 is 9.47 Å². The van der Waals surface area contributed by atoms with Gasteiger partial charge in [0.15, 0.2) is 11.5 Å². The summed E-state index contributed by atoms with van der Waals surface area (Å²) in [6.07, 6.45) is 2.38. The summed E-state index contributed by atoms with van der Waals surface area (Å²) in [4.78, 5) is 0. The SMILES string of the molecule is CCCCNCc1cc(OC)c(OCc2ccccc2C)cc1Br. The highest BCUT2D eigenvalue weighted by Gasteiger charge is 2.11. The minimum Gasteiger partial charge on any atom is -0.493 e. The van der Waals surface area contributed by atoms with Crippen LogP contribution in [0.5, 0.6) is 11.5 Å². The fourth-order valence-corrected chi connectivity index (χ4v) is 2.90. The molecule has 2 aromatic rings. The molecule has 0 heterocycles. The summed E-state index contributed by atoms with van der Waals surface area (Å²) >= 11 is 3.64. The maximum atomic E-state index is 6.00. The van der Waals surface area contributed by atoms with Gasteiger partial charge in [-0.05, 0) is 48.7 Å². The van der Waals surface area contributed by atoms with Crippen LogP contribution < -0.4 is 14.8 Å². The van der Waals surface area contributed by atoms with Crippen molar-refractivity contribution in [2.45, 2.75) is 39.8 Å². The highest BCUT2D eigenvalue weighted by molar-refractivity contribution is 9.10. The van der Waals surface area contributed by atoms with E-state index in [0.29, 0.717) is 6.61 Å². The van der Waals surface area contributed by atoms with E-state index >= 15 is 0 Å². The second-order valence-corrected chi connectivity index (χ2v) is 6.69. The topological polar surface area (TPSA) is 30.5 Å². The van der Waals surface area contributed by atoms with Gasteiger partial charge < -0.3 is 14.8 Å². The van der Waals surface area contributed by atoms with Crippen molar-refractivity contribution in [3.05, 3.63) is 57.6 Å². The van der Waals surface area contributed by atoms with Crippen molar-refractivity contribution in [1.29, 1.82) is 0 Å². The zero-order chi connectivity index (χ0) is 17.4. The lowest BCUT2D eigenvalue weighted by atomic mass is 10.1. The Morgan fingerprint density at radius 1 is 1.08 bits per heavy atom. The Kier molecular flexibility index (Phi) is 7.60. The Hall–Kier alpha value is -1.52. The maximum absolute atomic E-state index is 6.00. The molecule has 0 aliphatic heterocycles. The Bertz CT molecular complexity index is 658. The number of aryl methyl sites for hydroxylation is 1. The van der Waals surface area contributed by atoms with Gasteiger partial charge in [-0.15, -0.1) is 0 Å². The van der Waals surface area contributed by atoms with E-state index in [0.717, 1.165) is 29.1 Å². The molecular formula is C20H26BrNO2. The van der Waals surface area contributed by atoms with E-state index < -0.39 is 0 Å². The van der Waals surface area contributed by atoms with Gasteiger partial charge >= 0.3 is 0 Å². The molecule has 0 fully saturated rings. The summed E-state index contributed by atoms with van der Waals surface area (Å²) in [7, 11) is 1.68. The molecule has 1 N–H and O–H groups in total. The molecule has 0 saturated heterocycles. The van der Waals surface area contributed by atoms with Gasteiger partial charge in [0.2, 0.25) is 0 Å². The molecule has 0 bridgehead atoms. The Balaban J connectivity index is 2.07. The fourth-order valence-electron chi connectivity index (χ4n) is 2.44. The second-order valence-electron chi connectivity index (χ2n) is 5.84. The van der Waals surface area contributed by atoms with Crippen LogP contribution in [0.25, 0.3) is 0 Å². The predicted molar refractivity (Wildman–Crippen MR) is 103 cm³/mol. The van der Waals surface area contributed by atoms with Crippen molar-refractivity contribution in [1.82, 2.24) is 5.32 Å². The first kappa shape index (κ1) is 18.8. The highest BCUT2D eigenvalue weighted by atomic mass is 79.9. The van der Waals surface area contributed by atoms with E-state index in [4.69, 9.17) is 9.47 Å². The van der Waals surface area contributed by atoms with Gasteiger partial charge in [-0.3, -0.25) is 0 Å². The fraction of sp³-hybridized carbons (Fsp3) is 0.400. The molecule has 3 nitrogen and oxygen atoms in total. The van der Waals surface area contributed by atoms with Gasteiger partial charge in [0.1, 0.15) is 6.61 Å². The molecule has 0 spiro atoms. The molecule has 0 aromatic heterocycles. The summed E-state index contributed by atoms with van der Waals surface area (Å²) in [5.74, 6) is 1.52. The third-order valence-corrected chi connectivity index (χ3v) is 4.74. The number of ether oxygens (including phenoxy) is 2. The Labute approximate surface area is 153 Å². The molecule has 0 radical (unpaired) electrons. The normalized spacial score (nSPS) is 10.7. The number of unbranched alkanes of at least 4 members (excludes halogenated alkanes) is 1. The lowest BCUT2D eigenvalue weighted by molar-refractivity contribution is 0.283. The highest BCUT2D eigenvalue weighted by Crippen LogP contribution is 2.34. The van der Waals surface area contributed by atoms with Crippen molar-refractivity contribution in [3.8, 4) is 11.5 Å². The van der Waals surface area contributed by atoms with E-state index in [9.17, 15) is 0 Å². The quantitative estimate of drug-likeness (QED) is 0.593. The number of halogens is 1. The Morgan fingerprint density at radius 2 is 1.88 bits per heavy atom. The summed E-state index contributed by atoms with van der Waals surface area (Å²) in [5.41, 5.74) is 3.58. The largest absolute Gasteiger partial charge is 0.493 e. The van der Waals surface area contributed by atoms with E-state index in [-0.39, 0.29) is 0 Å². The van der Waals surface area contributed by atoms with Gasteiger partial charge in [-0.1, -0.05) is 53.5 Å². The van der Waals surface area contributed by atoms with Crippen molar-refractivity contribution >= 4 is 15.9 Å². The molecule has 0 aliphatic carbocycles. The van der Waals surface area contributed by atoms with Crippen LogP contribution in [-0.4, -0.2) is 13.7 Å². The van der Waals surface area contributed by atoms with Gasteiger partial charge in [-0.2, -0.15) is 0 Å². The standard InChI is InChI=1S/C20H26BrNO2/c1-4-5-10-22-13-17-11-19(23-3)20(12-18(17)21)24-14-16-9-7-6-8-15(16)2/h6-9,11-12,22H,4-5,10,13-14H2,1-3H3. The van der Waals surface area contributed by atoms with Crippen molar-refractivity contribution in [2.75, 3.05) is 13.7 Å². The van der Waals surface area contributed by atoms with Crippen molar-refractivity contribution in [3.63, 3.8) is 0 Å². The van der Waals surface area contributed by atoms with Crippen LogP contribution in [0, 0.1) is 6.92 Å². The molecular weight excluding hydrogens is 366 g/mol. The zero-order valence-corrected chi connectivity index (χ0v) is 16.3. The average molecular weight is 392 g/mol. The first-order chi connectivity index (χ1) is 11.7. The molecule has 0 aliphatic rings. The molecule has 4 heteroatoms. The lowest BCUT2D eigenvalue weighted by Gasteiger charge is -2.15. The molecule has 0 saturated carbocycles. The molecule has 0 amide bonds. The van der Waals surface area contributed by atoms with Crippen LogP contribution in [-0.2, 0) is 13.2 Å². The third kappa shape index (κ3) is 5.25. The minimum atomic E-state index is 0.531. The molecule has 0 atom stereocenters. The van der Waals surface area contributed by atoms with E-state index in [2.05, 4.69) is 47.2 Å². The number of hydrogen-bond donors (Lipinski definition) is 1. The van der Waals surface area contributed by atoms with Gasteiger partial charge in [-0.25, -0.2) is 0 Å². The van der Waals surface area contributed by atoms with Crippen LogP contribution in [0.4, 0.5) is 0 Å². The first-order valence-corrected chi connectivity index (χ1v) is 9.19. The monoisotopic (exact) mass is 391 g/mol. The summed E-state index contributed by atoms with van der Waals surface area (Å²) in [6, 6.07) is 12.3. The average Bonchev–Trinajstić information content (AvgIpc) is 2.59. The summed E-state index contributed by atoms with van der Waals surface area (Å²) in [5, 5.41) is 3.45. The molecule has 0 unspecified atom stereocenters. The van der Waals surface area contributed by atoms with Crippen LogP contribution >= 0.6 is 15.9 Å². The van der Waals surface area contributed by atoms with Gasteiger partial charge in [0.05, 0.1) is 7.11 Å². The number of rotatable bonds is 9. The molecule has 2 aromatic carbocycles. The van der Waals surface area contributed by atoms with Gasteiger partial charge in [0, 0.05) is 11.0 Å². The third-order valence-electron chi connectivity index (χ3n) is 4.00. The predicted octanol–water partition coefficient (Wildman–Crippen LogP) is 5.23. The Morgan fingerprint density at radius 3 is 2.58 bits per heavy atom. The molecule has 2 rings (SSSR count). The number of methoxy groups -OCH3 is 1. The van der Waals surface area contributed by atoms with Crippen LogP contribution in [0.3, 0.4) is 0 Å². The zero-order valence-electron chi connectivity index (χ0n) is 14.7. The minimum absolute atomic E-state index is 0.531. The van der Waals surface area contributed by atoms with Crippen LogP contribution in [0.15, 0.2) is 40.9 Å². The maximum Gasteiger partial charge on any atom is 0.162 e. The summed E-state index contributed by atoms with van der Waals surface area (Å²) < 4.78 is 12.5. The van der Waals surface area contributed by atoms with E-state index in [1.54, 1.807) is 7.11 Å². The van der Waals surface area contributed by atoms with E-state index in [1.165, 1.54) is 29.5 Å². The van der Waals surface area contributed by atoms with E-state index in [1.807, 2.05) is 24.3 Å². The molecule has 24 heavy (non-hydrogen) atoms. The summed E-state index contributed by atoms with van der Waals surface area (Å²) in [6.45, 7) is 6.66. The smallest absolute Gasteiger partial charge is 0.162 e. The molecule has 130 valence electrons. The van der Waals surface area contributed by atoms with Crippen molar-refractivity contribution in [2.24, 2.45) is 0 Å². The number of nitrogens with one attached hydrogen (secondary N) is 1. The second kappa shape index (κ2) is 9.70. The number of hydrogen-bond acceptors (Lipinski definition) is 3. The van der Waals surface area contributed by atoms with Crippen LogP contribution in [0.1, 0.15) is 36.5 Å².